The lowest BCUT2D eigenvalue weighted by Crippen LogP contribution is -2.61. The van der Waals surface area contributed by atoms with E-state index in [4.69, 9.17) is 22.9 Å². The average Bonchev–Trinajstić information content (AvgIpc) is 3.36. The Kier molecular flexibility index (Phi) is 28.1. The molecule has 9 amide bonds. The van der Waals surface area contributed by atoms with Gasteiger partial charge in [-0.3, -0.25) is 43.2 Å². The molecule has 26 heteroatoms. The van der Waals surface area contributed by atoms with Crippen LogP contribution in [0.5, 0.6) is 0 Å². The van der Waals surface area contributed by atoms with Gasteiger partial charge in [-0.1, -0.05) is 44.2 Å². The summed E-state index contributed by atoms with van der Waals surface area (Å²) in [5.41, 5.74) is 24.2. The molecule has 2 saturated heterocycles. The van der Waals surface area contributed by atoms with Crippen molar-refractivity contribution in [3.63, 3.8) is 0 Å². The number of rotatable bonds is 21. The second-order valence-electron chi connectivity index (χ2n) is 19.7. The van der Waals surface area contributed by atoms with Gasteiger partial charge in [0.15, 0.2) is 0 Å². The molecule has 2 fully saturated rings. The van der Waals surface area contributed by atoms with Gasteiger partial charge in [-0.15, -0.1) is 0 Å². The summed E-state index contributed by atoms with van der Waals surface area (Å²) in [6, 6.07) is -3.73. The van der Waals surface area contributed by atoms with E-state index < -0.39 is 120 Å². The minimum Gasteiger partial charge on any atom is -0.391 e. The molecule has 2 aliphatic rings. The predicted molar refractivity (Wildman–Crippen MR) is 278 cm³/mol. The number of nitrogens with one attached hydrogen (secondary N) is 11. The lowest BCUT2D eigenvalue weighted by atomic mass is 9.99. The number of aliphatic hydroxyl groups is 2. The number of carbonyl (C=O) groups excluding carboxylic acids is 9. The van der Waals surface area contributed by atoms with Crippen molar-refractivity contribution >= 4 is 53.2 Å². The van der Waals surface area contributed by atoms with Gasteiger partial charge in [-0.05, 0) is 128 Å². The van der Waals surface area contributed by atoms with Crippen LogP contribution in [0.3, 0.4) is 0 Å². The van der Waals surface area contributed by atoms with Gasteiger partial charge in [-0.25, -0.2) is 0 Å². The first kappa shape index (κ1) is 63.4. The molecule has 26 nitrogen and oxygen atoms in total. The molecule has 0 aromatic heterocycles. The predicted octanol–water partition coefficient (Wildman–Crippen LogP) is -6.21. The molecule has 12 atom stereocenters. The van der Waals surface area contributed by atoms with E-state index in [1.807, 2.05) is 0 Å². The van der Waals surface area contributed by atoms with Crippen LogP contribution < -0.4 is 81.4 Å². The molecule has 0 spiro atoms. The number of aliphatic hydroxyl groups excluding tert-OH is 2. The van der Waals surface area contributed by atoms with Crippen LogP contribution in [0.1, 0.15) is 84.6 Å². The molecule has 0 aliphatic carbocycles. The van der Waals surface area contributed by atoms with Crippen molar-refractivity contribution in [3.05, 3.63) is 35.9 Å². The van der Waals surface area contributed by atoms with Crippen molar-refractivity contribution in [2.45, 2.75) is 152 Å². The highest BCUT2D eigenvalue weighted by atomic mass is 16.3. The molecule has 422 valence electrons. The zero-order valence-electron chi connectivity index (χ0n) is 43.8. The smallest absolute Gasteiger partial charge is 0.245 e. The standard InChI is InChI=1S/C49H85N15O11/c1-27(2)23-37-46(72)59-32(12-17-50)41(67)58-35(15-20-53)45(71)64-40(29(4)66)48(74)55-22-16-36(44(70)57-33(13-18-51)43(69)63-38(47(73)62-37)24-30-9-6-5-7-10-30)60-42(68)34(14-19-52)61-49(75)39(28(3)65)56-26-31-11-8-21-54-25-31/h5-7,9-10,27-29,31-40,54,56,65-66H,8,11-26,50-53H2,1-4H3,(H,55,74)(H,57,70)(H,58,67)(H,59,72)(H,60,68)(H,61,75)(H,62,73)(H,63,69)(H,64,71)/t28?,29?,31-,32-,33-,34-,35-,36-,37-,38+,39-,40-/m0/s1. The summed E-state index contributed by atoms with van der Waals surface area (Å²) in [5.74, 6) is -7.63. The van der Waals surface area contributed by atoms with E-state index in [1.54, 1.807) is 44.2 Å². The Labute approximate surface area is 439 Å². The minimum atomic E-state index is -1.63. The number of hydrogen-bond donors (Lipinski definition) is 17. The van der Waals surface area contributed by atoms with Crippen LogP contribution >= 0.6 is 0 Å². The Bertz CT molecular complexity index is 2010. The fraction of sp³-hybridized carbons (Fsp3) is 0.694. The Morgan fingerprint density at radius 3 is 1.69 bits per heavy atom. The Hall–Kier alpha value is -5.87. The molecule has 0 bridgehead atoms. The highest BCUT2D eigenvalue weighted by molar-refractivity contribution is 5.98. The summed E-state index contributed by atoms with van der Waals surface area (Å²) in [5, 5.41) is 51.2. The van der Waals surface area contributed by atoms with Gasteiger partial charge in [0.2, 0.25) is 53.2 Å². The van der Waals surface area contributed by atoms with E-state index in [2.05, 4.69) is 58.5 Å². The van der Waals surface area contributed by atoms with Crippen LogP contribution in [0.15, 0.2) is 30.3 Å². The maximum absolute atomic E-state index is 14.4. The SMILES string of the molecule is CC(C)C[C@@H]1NC(=O)[C@@H](Cc2ccccc2)NC(=O)[C@H](CCN)NC(=O)[C@@H](NC(=O)[C@H](CCN)NC(=O)[C@@H](NC[C@H]2CCCNC2)C(C)O)CCNC(=O)[C@H](C(C)O)NC(=O)[C@H](CCN)NC(=O)[C@H](CCN)NC1=O. The van der Waals surface area contributed by atoms with E-state index in [0.29, 0.717) is 12.1 Å². The molecule has 1 aromatic carbocycles. The van der Waals surface area contributed by atoms with E-state index in [1.165, 1.54) is 13.8 Å². The van der Waals surface area contributed by atoms with Crippen LogP contribution in [0, 0.1) is 11.8 Å². The molecule has 2 aliphatic heterocycles. The molecule has 0 radical (unpaired) electrons. The molecule has 0 saturated carbocycles. The molecular formula is C49H85N15O11. The normalized spacial score (nSPS) is 25.9. The third-order valence-electron chi connectivity index (χ3n) is 12.8. The largest absolute Gasteiger partial charge is 0.391 e. The van der Waals surface area contributed by atoms with Crippen molar-refractivity contribution in [2.24, 2.45) is 34.8 Å². The first-order chi connectivity index (χ1) is 35.7. The van der Waals surface area contributed by atoms with Crippen LogP contribution in [0.4, 0.5) is 0 Å². The summed E-state index contributed by atoms with van der Waals surface area (Å²) < 4.78 is 0. The van der Waals surface area contributed by atoms with Gasteiger partial charge in [0.25, 0.3) is 0 Å². The van der Waals surface area contributed by atoms with Gasteiger partial charge in [0.05, 0.1) is 12.2 Å². The van der Waals surface area contributed by atoms with Crippen molar-refractivity contribution in [1.82, 2.24) is 58.5 Å². The van der Waals surface area contributed by atoms with Crippen LogP contribution in [-0.2, 0) is 49.6 Å². The maximum Gasteiger partial charge on any atom is 0.245 e. The fourth-order valence-corrected chi connectivity index (χ4v) is 8.65. The number of hydrogen-bond acceptors (Lipinski definition) is 17. The Morgan fingerprint density at radius 1 is 0.640 bits per heavy atom. The van der Waals surface area contributed by atoms with E-state index >= 15 is 0 Å². The summed E-state index contributed by atoms with van der Waals surface area (Å²) in [4.78, 5) is 126. The summed E-state index contributed by atoms with van der Waals surface area (Å²) >= 11 is 0. The maximum atomic E-state index is 14.4. The monoisotopic (exact) mass is 1060 g/mol. The topological polar surface area (TPSA) is 430 Å². The second kappa shape index (κ2) is 33.2. The number of piperidine rings is 1. The van der Waals surface area contributed by atoms with Crippen LogP contribution in [-0.4, -0.2) is 182 Å². The third kappa shape index (κ3) is 21.7. The lowest BCUT2D eigenvalue weighted by Gasteiger charge is -2.29. The number of nitrogens with two attached hydrogens (primary N) is 4. The van der Waals surface area contributed by atoms with E-state index in [9.17, 15) is 53.4 Å². The average molecular weight is 1060 g/mol. The van der Waals surface area contributed by atoms with Gasteiger partial charge < -0.3 is 91.6 Å². The van der Waals surface area contributed by atoms with Crippen molar-refractivity contribution in [1.29, 1.82) is 0 Å². The molecule has 2 heterocycles. The van der Waals surface area contributed by atoms with E-state index in [-0.39, 0.29) is 89.5 Å². The first-order valence-electron chi connectivity index (χ1n) is 26.1. The summed E-state index contributed by atoms with van der Waals surface area (Å²) in [6.45, 7) is 7.45. The molecule has 3 rings (SSSR count). The summed E-state index contributed by atoms with van der Waals surface area (Å²) in [6.07, 6.45) is -1.73. The molecule has 21 N–H and O–H groups in total. The van der Waals surface area contributed by atoms with Gasteiger partial charge in [0, 0.05) is 13.0 Å². The second-order valence-corrected chi connectivity index (χ2v) is 19.7. The third-order valence-corrected chi connectivity index (χ3v) is 12.8. The fourth-order valence-electron chi connectivity index (χ4n) is 8.65. The minimum absolute atomic E-state index is 0.0761. The Morgan fingerprint density at radius 2 is 1.17 bits per heavy atom. The number of benzene rings is 1. The van der Waals surface area contributed by atoms with Crippen LogP contribution in [0.2, 0.25) is 0 Å². The molecule has 2 unspecified atom stereocenters. The lowest BCUT2D eigenvalue weighted by molar-refractivity contribution is -0.136. The summed E-state index contributed by atoms with van der Waals surface area (Å²) in [7, 11) is 0. The van der Waals surface area contributed by atoms with Gasteiger partial charge in [-0.2, -0.15) is 0 Å². The first-order valence-corrected chi connectivity index (χ1v) is 26.1. The van der Waals surface area contributed by atoms with Crippen molar-refractivity contribution in [3.8, 4) is 0 Å². The van der Waals surface area contributed by atoms with E-state index in [0.717, 1.165) is 25.9 Å². The Balaban J connectivity index is 2.09. The van der Waals surface area contributed by atoms with Crippen molar-refractivity contribution in [2.75, 3.05) is 52.4 Å². The van der Waals surface area contributed by atoms with Gasteiger partial charge in [0.1, 0.15) is 54.4 Å². The molecule has 75 heavy (non-hydrogen) atoms. The molecular weight excluding hydrogens is 975 g/mol. The number of carbonyl (C=O) groups is 9. The quantitative estimate of drug-likeness (QED) is 0.0545. The molecule has 1 aromatic rings. The highest BCUT2D eigenvalue weighted by Gasteiger charge is 2.37. The number of amides is 9. The zero-order chi connectivity index (χ0) is 55.6. The van der Waals surface area contributed by atoms with Crippen LogP contribution in [0.25, 0.3) is 0 Å². The van der Waals surface area contributed by atoms with Gasteiger partial charge >= 0.3 is 0 Å². The zero-order valence-corrected chi connectivity index (χ0v) is 43.8. The highest BCUT2D eigenvalue weighted by Crippen LogP contribution is 2.12. The van der Waals surface area contributed by atoms with Crippen molar-refractivity contribution < 1.29 is 53.4 Å².